The number of carbonyl (C=O) groups is 2. The second kappa shape index (κ2) is 6.00. The summed E-state index contributed by atoms with van der Waals surface area (Å²) in [4.78, 5) is 27.0. The number of nitrogens with one attached hydrogen (secondary N) is 1. The number of esters is 1. The topological polar surface area (TPSA) is 88.5 Å². The van der Waals surface area contributed by atoms with Crippen LogP contribution >= 0.6 is 0 Å². The van der Waals surface area contributed by atoms with Crippen LogP contribution in [-0.2, 0) is 9.53 Å². The van der Waals surface area contributed by atoms with Gasteiger partial charge in [-0.15, -0.1) is 0 Å². The van der Waals surface area contributed by atoms with Crippen LogP contribution in [0.25, 0.3) is 0 Å². The molecule has 1 aromatic heterocycles. The van der Waals surface area contributed by atoms with Crippen LogP contribution in [0.2, 0.25) is 0 Å². The number of aromatic hydroxyl groups is 1. The van der Waals surface area contributed by atoms with Crippen LogP contribution in [0.3, 0.4) is 0 Å². The maximum atomic E-state index is 11.9. The highest BCUT2D eigenvalue weighted by molar-refractivity contribution is 5.96. The molecular weight excluding hydrogens is 236 g/mol. The summed E-state index contributed by atoms with van der Waals surface area (Å²) in [5, 5.41) is 11.8. The van der Waals surface area contributed by atoms with E-state index >= 15 is 0 Å². The van der Waals surface area contributed by atoms with Gasteiger partial charge in [0.1, 0.15) is 11.8 Å². The fraction of sp³-hybridized carbons (Fsp3) is 0.417. The molecule has 0 aliphatic carbocycles. The zero-order valence-electron chi connectivity index (χ0n) is 10.5. The number of ether oxygens (including phenoxy) is 1. The van der Waals surface area contributed by atoms with Gasteiger partial charge in [0.15, 0.2) is 0 Å². The highest BCUT2D eigenvalue weighted by atomic mass is 16.5. The van der Waals surface area contributed by atoms with E-state index < -0.39 is 17.9 Å². The number of pyridine rings is 1. The van der Waals surface area contributed by atoms with Crippen LogP contribution in [0.4, 0.5) is 0 Å². The average molecular weight is 252 g/mol. The minimum Gasteiger partial charge on any atom is -0.506 e. The minimum absolute atomic E-state index is 0.105. The molecule has 0 radical (unpaired) electrons. The van der Waals surface area contributed by atoms with Gasteiger partial charge in [-0.05, 0) is 12.0 Å². The van der Waals surface area contributed by atoms with Crippen molar-refractivity contribution in [1.29, 1.82) is 0 Å². The van der Waals surface area contributed by atoms with Crippen molar-refractivity contribution < 1.29 is 19.4 Å². The molecule has 6 nitrogen and oxygen atoms in total. The Morgan fingerprint density at radius 1 is 1.39 bits per heavy atom. The van der Waals surface area contributed by atoms with E-state index in [0.29, 0.717) is 0 Å². The van der Waals surface area contributed by atoms with E-state index in [-0.39, 0.29) is 17.2 Å². The average Bonchev–Trinajstić information content (AvgIpc) is 2.34. The molecule has 0 aromatic carbocycles. The summed E-state index contributed by atoms with van der Waals surface area (Å²) in [5.41, 5.74) is 0.185. The number of carbonyl (C=O) groups excluding carboxylic acids is 2. The van der Waals surface area contributed by atoms with Gasteiger partial charge in [0.05, 0.1) is 18.9 Å². The predicted octanol–water partition coefficient (Wildman–Crippen LogP) is 0.715. The van der Waals surface area contributed by atoms with Crippen LogP contribution in [-0.4, -0.2) is 35.1 Å². The van der Waals surface area contributed by atoms with Crippen LogP contribution < -0.4 is 5.32 Å². The fourth-order valence-corrected chi connectivity index (χ4v) is 1.40. The number of hydrogen-bond acceptors (Lipinski definition) is 5. The largest absolute Gasteiger partial charge is 0.506 e. The van der Waals surface area contributed by atoms with Crippen LogP contribution in [0, 0.1) is 5.92 Å². The third-order valence-electron chi connectivity index (χ3n) is 2.39. The fourth-order valence-electron chi connectivity index (χ4n) is 1.40. The van der Waals surface area contributed by atoms with Crippen molar-refractivity contribution in [3.63, 3.8) is 0 Å². The third-order valence-corrected chi connectivity index (χ3v) is 2.39. The number of amides is 1. The molecule has 18 heavy (non-hydrogen) atoms. The molecular formula is C12H16N2O4. The lowest BCUT2D eigenvalue weighted by molar-refractivity contribution is -0.144. The lowest BCUT2D eigenvalue weighted by atomic mass is 10.0. The van der Waals surface area contributed by atoms with Crippen LogP contribution in [0.5, 0.6) is 5.75 Å². The van der Waals surface area contributed by atoms with E-state index in [1.54, 1.807) is 13.8 Å². The lowest BCUT2D eigenvalue weighted by Crippen LogP contribution is -2.45. The molecule has 0 bridgehead atoms. The van der Waals surface area contributed by atoms with E-state index in [4.69, 9.17) is 0 Å². The van der Waals surface area contributed by atoms with Crippen LogP contribution in [0.1, 0.15) is 24.2 Å². The van der Waals surface area contributed by atoms with Crippen molar-refractivity contribution in [2.45, 2.75) is 19.9 Å². The highest BCUT2D eigenvalue weighted by Crippen LogP contribution is 2.10. The molecule has 98 valence electrons. The molecule has 0 fully saturated rings. The number of hydrogen-bond donors (Lipinski definition) is 2. The van der Waals surface area contributed by atoms with Gasteiger partial charge >= 0.3 is 5.97 Å². The Bertz CT molecular complexity index is 445. The quantitative estimate of drug-likeness (QED) is 0.771. The second-order valence-electron chi connectivity index (χ2n) is 4.15. The van der Waals surface area contributed by atoms with Gasteiger partial charge < -0.3 is 15.2 Å². The maximum Gasteiger partial charge on any atom is 0.328 e. The summed E-state index contributed by atoms with van der Waals surface area (Å²) in [7, 11) is 1.26. The molecule has 1 amide bonds. The first kappa shape index (κ1) is 14.0. The normalized spacial score (nSPS) is 12.0. The minimum atomic E-state index is -0.732. The number of methoxy groups -OCH3 is 1. The standard InChI is InChI=1S/C12H16N2O4/c1-7(2)10(12(17)18-3)14-11(16)8-4-9(15)6-13-5-8/h4-7,10,15H,1-3H3,(H,14,16)/t10-/m0/s1. The number of rotatable bonds is 4. The SMILES string of the molecule is COC(=O)[C@@H](NC(=O)c1cncc(O)c1)C(C)C. The lowest BCUT2D eigenvalue weighted by Gasteiger charge is -2.19. The first-order chi connectivity index (χ1) is 8.45. The summed E-state index contributed by atoms with van der Waals surface area (Å²) in [5.74, 6) is -1.21. The molecule has 1 aromatic rings. The molecule has 0 spiro atoms. The van der Waals surface area contributed by atoms with E-state index in [1.165, 1.54) is 25.6 Å². The first-order valence-corrected chi connectivity index (χ1v) is 5.48. The van der Waals surface area contributed by atoms with Crippen molar-refractivity contribution in [2.75, 3.05) is 7.11 Å². The third kappa shape index (κ3) is 3.44. The van der Waals surface area contributed by atoms with E-state index in [9.17, 15) is 14.7 Å². The Morgan fingerprint density at radius 3 is 2.56 bits per heavy atom. The molecule has 1 rings (SSSR count). The van der Waals surface area contributed by atoms with E-state index in [2.05, 4.69) is 15.0 Å². The van der Waals surface area contributed by atoms with Gasteiger partial charge in [-0.3, -0.25) is 9.78 Å². The molecule has 0 saturated heterocycles. The summed E-state index contributed by atoms with van der Waals surface area (Å²) in [6, 6.07) is 0.543. The van der Waals surface area contributed by atoms with Crippen molar-refractivity contribution in [3.05, 3.63) is 24.0 Å². The summed E-state index contributed by atoms with van der Waals surface area (Å²) < 4.78 is 4.62. The first-order valence-electron chi connectivity index (χ1n) is 5.48. The van der Waals surface area contributed by atoms with Crippen molar-refractivity contribution in [1.82, 2.24) is 10.3 Å². The van der Waals surface area contributed by atoms with Crippen LogP contribution in [0.15, 0.2) is 18.5 Å². The van der Waals surface area contributed by atoms with Crippen molar-refractivity contribution in [2.24, 2.45) is 5.92 Å². The smallest absolute Gasteiger partial charge is 0.328 e. The Balaban J connectivity index is 2.82. The van der Waals surface area contributed by atoms with Gasteiger partial charge in [0, 0.05) is 6.20 Å². The summed E-state index contributed by atoms with van der Waals surface area (Å²) in [6.07, 6.45) is 2.53. The van der Waals surface area contributed by atoms with E-state index in [0.717, 1.165) is 0 Å². The molecule has 0 aliphatic heterocycles. The molecule has 0 saturated carbocycles. The number of nitrogens with zero attached hydrogens (tertiary/aromatic N) is 1. The Hall–Kier alpha value is -2.11. The predicted molar refractivity (Wildman–Crippen MR) is 64.0 cm³/mol. The highest BCUT2D eigenvalue weighted by Gasteiger charge is 2.25. The zero-order chi connectivity index (χ0) is 13.7. The van der Waals surface area contributed by atoms with E-state index in [1.807, 2.05) is 0 Å². The molecule has 1 atom stereocenters. The molecule has 2 N–H and O–H groups in total. The van der Waals surface area contributed by atoms with Crippen molar-refractivity contribution >= 4 is 11.9 Å². The maximum absolute atomic E-state index is 11.9. The second-order valence-corrected chi connectivity index (χ2v) is 4.15. The molecule has 0 unspecified atom stereocenters. The summed E-state index contributed by atoms with van der Waals surface area (Å²) in [6.45, 7) is 3.59. The summed E-state index contributed by atoms with van der Waals surface area (Å²) >= 11 is 0. The molecule has 0 aliphatic rings. The van der Waals surface area contributed by atoms with Crippen molar-refractivity contribution in [3.8, 4) is 5.75 Å². The van der Waals surface area contributed by atoms with Gasteiger partial charge in [0.25, 0.3) is 5.91 Å². The Morgan fingerprint density at radius 2 is 2.06 bits per heavy atom. The zero-order valence-corrected chi connectivity index (χ0v) is 10.5. The van der Waals surface area contributed by atoms with Gasteiger partial charge in [-0.2, -0.15) is 0 Å². The van der Waals surface area contributed by atoms with Gasteiger partial charge in [-0.1, -0.05) is 13.8 Å². The molecule has 6 heteroatoms. The monoisotopic (exact) mass is 252 g/mol. The number of aromatic nitrogens is 1. The van der Waals surface area contributed by atoms with Gasteiger partial charge in [0.2, 0.25) is 0 Å². The molecule has 1 heterocycles. The van der Waals surface area contributed by atoms with Gasteiger partial charge in [-0.25, -0.2) is 4.79 Å². The Labute approximate surface area is 105 Å². The Kier molecular flexibility index (Phi) is 4.65.